The first-order chi connectivity index (χ1) is 19.2. The largest absolute Gasteiger partial charge is 0.512 e. The van der Waals surface area contributed by atoms with E-state index >= 15 is 0 Å². The minimum Gasteiger partial charge on any atom is -0.512 e. The highest BCUT2D eigenvalue weighted by atomic mass is 16.3. The number of aromatic nitrogens is 1. The third kappa shape index (κ3) is 6.77. The third-order valence-electron chi connectivity index (χ3n) is 7.88. The Morgan fingerprint density at radius 2 is 1.35 bits per heavy atom. The van der Waals surface area contributed by atoms with Crippen LogP contribution in [-0.2, 0) is 17.6 Å². The second-order valence-corrected chi connectivity index (χ2v) is 11.1. The molecule has 3 heteroatoms. The van der Waals surface area contributed by atoms with Gasteiger partial charge >= 0.3 is 0 Å². The lowest BCUT2D eigenvalue weighted by atomic mass is 9.90. The summed E-state index contributed by atoms with van der Waals surface area (Å²) < 4.78 is 0. The first-order valence-electron chi connectivity index (χ1n) is 14.3. The van der Waals surface area contributed by atoms with Gasteiger partial charge in [0.1, 0.15) is 5.76 Å². The van der Waals surface area contributed by atoms with Crippen molar-refractivity contribution in [1.29, 1.82) is 0 Å². The van der Waals surface area contributed by atoms with Gasteiger partial charge in [-0.15, -0.1) is 0 Å². The maximum atomic E-state index is 12.1. The molecule has 0 atom stereocenters. The average Bonchev–Trinajstić information content (AvgIpc) is 2.92. The summed E-state index contributed by atoms with van der Waals surface area (Å²) >= 11 is 0. The number of aryl methyl sites for hydroxylation is 6. The molecule has 0 spiro atoms. The molecule has 206 valence electrons. The lowest BCUT2D eigenvalue weighted by Crippen LogP contribution is -2.04. The molecule has 3 nitrogen and oxygen atoms in total. The molecule has 0 unspecified atom stereocenters. The number of pyridine rings is 1. The van der Waals surface area contributed by atoms with Crippen molar-refractivity contribution in [3.05, 3.63) is 118 Å². The third-order valence-corrected chi connectivity index (χ3v) is 7.88. The Balaban J connectivity index is 1.38. The second-order valence-electron chi connectivity index (χ2n) is 11.1. The Hall–Kier alpha value is -3.98. The lowest BCUT2D eigenvalue weighted by molar-refractivity contribution is -0.111. The number of unbranched alkanes of at least 4 members (excludes halogenated alkanes) is 2. The van der Waals surface area contributed by atoms with E-state index in [4.69, 9.17) is 0 Å². The van der Waals surface area contributed by atoms with Crippen molar-refractivity contribution in [3.8, 4) is 22.4 Å². The Morgan fingerprint density at radius 1 is 0.700 bits per heavy atom. The second kappa shape index (κ2) is 12.9. The molecule has 40 heavy (non-hydrogen) atoms. The van der Waals surface area contributed by atoms with Crippen LogP contribution in [0.15, 0.2) is 78.7 Å². The van der Waals surface area contributed by atoms with E-state index in [-0.39, 0.29) is 11.5 Å². The van der Waals surface area contributed by atoms with Crippen LogP contribution in [0.25, 0.3) is 28.0 Å². The van der Waals surface area contributed by atoms with Crippen molar-refractivity contribution in [1.82, 2.24) is 4.98 Å². The van der Waals surface area contributed by atoms with Crippen molar-refractivity contribution >= 4 is 11.4 Å². The molecule has 0 aliphatic carbocycles. The summed E-state index contributed by atoms with van der Waals surface area (Å²) in [5, 5.41) is 10.0. The van der Waals surface area contributed by atoms with E-state index in [1.54, 1.807) is 6.92 Å². The van der Waals surface area contributed by atoms with E-state index in [0.717, 1.165) is 48.1 Å². The molecule has 1 aromatic heterocycles. The summed E-state index contributed by atoms with van der Waals surface area (Å²) in [6.45, 7) is 11.7. The number of hydrogen-bond acceptors (Lipinski definition) is 3. The Kier molecular flexibility index (Phi) is 9.37. The first-order valence-corrected chi connectivity index (χ1v) is 14.3. The van der Waals surface area contributed by atoms with E-state index in [1.165, 1.54) is 52.3 Å². The van der Waals surface area contributed by atoms with Gasteiger partial charge in [-0.3, -0.25) is 9.78 Å². The topological polar surface area (TPSA) is 50.2 Å². The number of aliphatic hydroxyl groups is 1. The quantitative estimate of drug-likeness (QED) is 0.126. The van der Waals surface area contributed by atoms with Gasteiger partial charge in [0.25, 0.3) is 0 Å². The fourth-order valence-electron chi connectivity index (χ4n) is 5.70. The van der Waals surface area contributed by atoms with Gasteiger partial charge in [-0.2, -0.15) is 0 Å². The molecule has 0 bridgehead atoms. The van der Waals surface area contributed by atoms with E-state index < -0.39 is 0 Å². The maximum absolute atomic E-state index is 12.1. The average molecular weight is 532 g/mol. The standard InChI is InChI=1S/C37H41NO2/c1-24-21-34(32-15-12-16-33(23-32)36-17-10-11-18-38-36)26(3)19-30(24)13-8-7-9-14-31-20-27(4)35(22-25(31)2)37(28(5)39)29(6)40/h10-12,15-23,39H,7-9,13-14H2,1-6H3. The van der Waals surface area contributed by atoms with Crippen LogP contribution in [-0.4, -0.2) is 15.9 Å². The van der Waals surface area contributed by atoms with E-state index in [1.807, 2.05) is 25.3 Å². The molecular formula is C37H41NO2. The van der Waals surface area contributed by atoms with Gasteiger partial charge in [0.15, 0.2) is 5.78 Å². The molecule has 0 saturated carbocycles. The van der Waals surface area contributed by atoms with Crippen LogP contribution in [0.4, 0.5) is 0 Å². The summed E-state index contributed by atoms with van der Waals surface area (Å²) in [6, 6.07) is 23.6. The molecule has 0 aliphatic rings. The number of ketones is 1. The molecule has 3 aromatic carbocycles. The highest BCUT2D eigenvalue weighted by Gasteiger charge is 2.15. The van der Waals surface area contributed by atoms with Gasteiger partial charge in [0.2, 0.25) is 0 Å². The fraction of sp³-hybridized carbons (Fsp3) is 0.297. The minimum atomic E-state index is -0.105. The van der Waals surface area contributed by atoms with Gasteiger partial charge < -0.3 is 5.11 Å². The van der Waals surface area contributed by atoms with E-state index in [2.05, 4.69) is 80.4 Å². The number of benzene rings is 3. The van der Waals surface area contributed by atoms with Gasteiger partial charge in [-0.1, -0.05) is 55.0 Å². The van der Waals surface area contributed by atoms with Crippen LogP contribution in [0.3, 0.4) is 0 Å². The van der Waals surface area contributed by atoms with Crippen molar-refractivity contribution in [2.75, 3.05) is 0 Å². The highest BCUT2D eigenvalue weighted by molar-refractivity contribution is 6.20. The molecule has 0 fully saturated rings. The maximum Gasteiger partial charge on any atom is 0.163 e. The summed E-state index contributed by atoms with van der Waals surface area (Å²) in [6.07, 6.45) is 7.40. The predicted octanol–water partition coefficient (Wildman–Crippen LogP) is 9.48. The van der Waals surface area contributed by atoms with Crippen LogP contribution in [0.5, 0.6) is 0 Å². The molecular weight excluding hydrogens is 490 g/mol. The number of rotatable bonds is 10. The zero-order valence-corrected chi connectivity index (χ0v) is 24.8. The highest BCUT2D eigenvalue weighted by Crippen LogP contribution is 2.31. The van der Waals surface area contributed by atoms with Gasteiger partial charge in [0.05, 0.1) is 11.3 Å². The molecule has 4 rings (SSSR count). The van der Waals surface area contributed by atoms with Gasteiger partial charge in [-0.25, -0.2) is 0 Å². The smallest absolute Gasteiger partial charge is 0.163 e. The Morgan fingerprint density at radius 3 is 1.98 bits per heavy atom. The van der Waals surface area contributed by atoms with E-state index in [0.29, 0.717) is 5.57 Å². The van der Waals surface area contributed by atoms with Crippen molar-refractivity contribution < 1.29 is 9.90 Å². The van der Waals surface area contributed by atoms with Crippen LogP contribution in [0, 0.1) is 27.7 Å². The van der Waals surface area contributed by atoms with Crippen molar-refractivity contribution in [2.24, 2.45) is 0 Å². The lowest BCUT2D eigenvalue weighted by Gasteiger charge is -2.15. The monoisotopic (exact) mass is 531 g/mol. The van der Waals surface area contributed by atoms with Crippen molar-refractivity contribution in [3.63, 3.8) is 0 Å². The number of allylic oxidation sites excluding steroid dienone is 2. The first kappa shape index (κ1) is 29.0. The normalized spacial score (nSPS) is 11.8. The van der Waals surface area contributed by atoms with Crippen LogP contribution in [0.2, 0.25) is 0 Å². The molecule has 4 aromatic rings. The van der Waals surface area contributed by atoms with Gasteiger partial charge in [-0.05, 0) is 135 Å². The van der Waals surface area contributed by atoms with Gasteiger partial charge in [0, 0.05) is 11.8 Å². The SMILES string of the molecule is CC(=O)C(=C(C)O)c1cc(C)c(CCCCCc2cc(C)c(-c3cccc(-c4ccccn4)c3)cc2C)cc1C. The zero-order valence-electron chi connectivity index (χ0n) is 24.8. The van der Waals surface area contributed by atoms with Crippen LogP contribution in [0.1, 0.15) is 72.1 Å². The summed E-state index contributed by atoms with van der Waals surface area (Å²) in [5.74, 6) is -0.0221. The number of Topliss-reactive ketones (excluding diaryl/α,β-unsaturated/α-hetero) is 1. The van der Waals surface area contributed by atoms with Crippen LogP contribution >= 0.6 is 0 Å². The van der Waals surface area contributed by atoms with E-state index in [9.17, 15) is 9.90 Å². The molecule has 0 radical (unpaired) electrons. The number of carbonyl (C=O) groups is 1. The fourth-order valence-corrected chi connectivity index (χ4v) is 5.70. The number of aliphatic hydroxyl groups excluding tert-OH is 1. The Labute approximate surface area is 239 Å². The minimum absolute atomic E-state index is 0.0827. The number of nitrogens with zero attached hydrogens (tertiary/aromatic N) is 1. The number of carbonyl (C=O) groups excluding carboxylic acids is 1. The molecule has 0 aliphatic heterocycles. The molecule has 1 heterocycles. The zero-order chi connectivity index (χ0) is 28.8. The Bertz CT molecular complexity index is 1540. The molecule has 1 N–H and O–H groups in total. The molecule has 0 amide bonds. The predicted molar refractivity (Wildman–Crippen MR) is 168 cm³/mol. The van der Waals surface area contributed by atoms with Crippen LogP contribution < -0.4 is 0 Å². The van der Waals surface area contributed by atoms with Crippen molar-refractivity contribution in [2.45, 2.75) is 73.6 Å². The summed E-state index contributed by atoms with van der Waals surface area (Å²) in [7, 11) is 0. The summed E-state index contributed by atoms with van der Waals surface area (Å²) in [4.78, 5) is 16.6. The summed E-state index contributed by atoms with van der Waals surface area (Å²) in [5.41, 5.74) is 13.5. The number of hydrogen-bond donors (Lipinski definition) is 1. The molecule has 0 saturated heterocycles.